The molecule has 0 bridgehead atoms. The van der Waals surface area contributed by atoms with Crippen molar-refractivity contribution >= 4 is 11.7 Å². The molecule has 0 aliphatic rings. The summed E-state index contributed by atoms with van der Waals surface area (Å²) in [5, 5.41) is 9.44. The smallest absolute Gasteiger partial charge is 0.332 e. The van der Waals surface area contributed by atoms with Gasteiger partial charge in [0.25, 0.3) is 0 Å². The van der Waals surface area contributed by atoms with E-state index in [9.17, 15) is 13.6 Å². The van der Waals surface area contributed by atoms with Gasteiger partial charge in [0.2, 0.25) is 0 Å². The highest BCUT2D eigenvalue weighted by Crippen LogP contribution is 2.17. The van der Waals surface area contributed by atoms with Gasteiger partial charge >= 0.3 is 5.97 Å². The molecule has 5 nitrogen and oxygen atoms in total. The van der Waals surface area contributed by atoms with Gasteiger partial charge in [0.15, 0.2) is 11.6 Å². The number of halogens is 2. The lowest BCUT2D eigenvalue weighted by molar-refractivity contribution is -0.137. The summed E-state index contributed by atoms with van der Waals surface area (Å²) in [4.78, 5) is 11.6. The molecule has 1 aromatic carbocycles. The number of H-pyrrole nitrogens is 1. The quantitative estimate of drug-likeness (QED) is 0.607. The number of nitrogens with one attached hydrogen (secondary N) is 2. The SMILES string of the molecule is CCOC(=O)/C=C(\CCc1cccc(F)c1F)Nc1cn[nH]c1. The van der Waals surface area contributed by atoms with Gasteiger partial charge in [-0.15, -0.1) is 0 Å². The number of benzene rings is 1. The molecular formula is C16H17F2N3O2. The monoisotopic (exact) mass is 321 g/mol. The van der Waals surface area contributed by atoms with Crippen LogP contribution in [0.15, 0.2) is 42.4 Å². The summed E-state index contributed by atoms with van der Waals surface area (Å²) in [6.07, 6.45) is 5.00. The first-order valence-electron chi connectivity index (χ1n) is 7.16. The molecule has 0 aliphatic carbocycles. The van der Waals surface area contributed by atoms with Crippen molar-refractivity contribution in [2.45, 2.75) is 19.8 Å². The third kappa shape index (κ3) is 4.91. The average molecular weight is 321 g/mol. The Bertz CT molecular complexity index is 685. The third-order valence-corrected chi connectivity index (χ3v) is 3.08. The normalized spacial score (nSPS) is 11.3. The maximum Gasteiger partial charge on any atom is 0.332 e. The number of hydrogen-bond acceptors (Lipinski definition) is 4. The van der Waals surface area contributed by atoms with Crippen LogP contribution in [0.5, 0.6) is 0 Å². The van der Waals surface area contributed by atoms with E-state index in [0.29, 0.717) is 17.8 Å². The van der Waals surface area contributed by atoms with Gasteiger partial charge in [0.1, 0.15) is 0 Å². The number of carbonyl (C=O) groups excluding carboxylic acids is 1. The number of aryl methyl sites for hydroxylation is 1. The van der Waals surface area contributed by atoms with Crippen molar-refractivity contribution in [2.75, 3.05) is 11.9 Å². The molecule has 2 aromatic rings. The van der Waals surface area contributed by atoms with Crippen LogP contribution >= 0.6 is 0 Å². The maximum atomic E-state index is 13.7. The second kappa shape index (κ2) is 8.07. The number of ether oxygens (including phenoxy) is 1. The number of aromatic nitrogens is 2. The van der Waals surface area contributed by atoms with Gasteiger partial charge in [-0.3, -0.25) is 5.10 Å². The highest BCUT2D eigenvalue weighted by molar-refractivity contribution is 5.83. The van der Waals surface area contributed by atoms with Gasteiger partial charge in [0, 0.05) is 18.0 Å². The molecular weight excluding hydrogens is 304 g/mol. The van der Waals surface area contributed by atoms with E-state index in [2.05, 4.69) is 15.5 Å². The van der Waals surface area contributed by atoms with E-state index in [1.807, 2.05) is 0 Å². The number of anilines is 1. The van der Waals surface area contributed by atoms with Crippen molar-refractivity contribution in [2.24, 2.45) is 0 Å². The van der Waals surface area contributed by atoms with Crippen LogP contribution in [0.25, 0.3) is 0 Å². The Morgan fingerprint density at radius 2 is 2.26 bits per heavy atom. The van der Waals surface area contributed by atoms with Gasteiger partial charge in [-0.05, 0) is 31.4 Å². The Morgan fingerprint density at radius 1 is 1.43 bits per heavy atom. The van der Waals surface area contributed by atoms with Crippen molar-refractivity contribution in [3.8, 4) is 0 Å². The Balaban J connectivity index is 2.10. The summed E-state index contributed by atoms with van der Waals surface area (Å²) in [6.45, 7) is 1.96. The van der Waals surface area contributed by atoms with E-state index in [0.717, 1.165) is 6.07 Å². The lowest BCUT2D eigenvalue weighted by atomic mass is 10.1. The average Bonchev–Trinajstić information content (AvgIpc) is 3.01. The van der Waals surface area contributed by atoms with Gasteiger partial charge in [-0.2, -0.15) is 5.10 Å². The van der Waals surface area contributed by atoms with Gasteiger partial charge < -0.3 is 10.1 Å². The molecule has 7 heteroatoms. The first kappa shape index (κ1) is 16.7. The molecule has 0 fully saturated rings. The second-order valence-electron chi connectivity index (χ2n) is 4.75. The Hall–Kier alpha value is -2.70. The molecule has 2 N–H and O–H groups in total. The highest BCUT2D eigenvalue weighted by atomic mass is 19.2. The number of carbonyl (C=O) groups is 1. The van der Waals surface area contributed by atoms with Crippen molar-refractivity contribution in [3.05, 3.63) is 59.6 Å². The molecule has 0 saturated heterocycles. The van der Waals surface area contributed by atoms with Crippen molar-refractivity contribution in [1.29, 1.82) is 0 Å². The molecule has 1 heterocycles. The molecule has 122 valence electrons. The van der Waals surface area contributed by atoms with E-state index in [4.69, 9.17) is 4.74 Å². The summed E-state index contributed by atoms with van der Waals surface area (Å²) in [5.41, 5.74) is 1.42. The fraction of sp³-hybridized carbons (Fsp3) is 0.250. The molecule has 0 saturated carbocycles. The summed E-state index contributed by atoms with van der Waals surface area (Å²) in [7, 11) is 0. The number of esters is 1. The molecule has 0 radical (unpaired) electrons. The molecule has 0 atom stereocenters. The van der Waals surface area contributed by atoms with E-state index in [1.165, 1.54) is 18.2 Å². The number of allylic oxidation sites excluding steroid dienone is 1. The summed E-state index contributed by atoms with van der Waals surface area (Å²) in [5.74, 6) is -2.26. The van der Waals surface area contributed by atoms with E-state index >= 15 is 0 Å². The molecule has 0 aliphatic heterocycles. The molecule has 0 unspecified atom stereocenters. The standard InChI is InChI=1S/C16H17F2N3O2/c1-2-23-15(22)8-12(21-13-9-19-20-10-13)7-6-11-4-3-5-14(17)16(11)18/h3-5,8-10,21H,2,6-7H2,1H3,(H,19,20)/b12-8+. The largest absolute Gasteiger partial charge is 0.463 e. The van der Waals surface area contributed by atoms with Crippen molar-refractivity contribution in [3.63, 3.8) is 0 Å². The van der Waals surface area contributed by atoms with E-state index in [-0.39, 0.29) is 18.6 Å². The summed E-state index contributed by atoms with van der Waals surface area (Å²) >= 11 is 0. The topological polar surface area (TPSA) is 67.0 Å². The molecule has 2 rings (SSSR count). The minimum Gasteiger partial charge on any atom is -0.463 e. The van der Waals surface area contributed by atoms with Crippen molar-refractivity contribution in [1.82, 2.24) is 10.2 Å². The fourth-order valence-corrected chi connectivity index (χ4v) is 2.01. The zero-order valence-corrected chi connectivity index (χ0v) is 12.6. The Labute approximate surface area is 132 Å². The van der Waals surface area contributed by atoms with Gasteiger partial charge in [0.05, 0.1) is 18.5 Å². The predicted octanol–water partition coefficient (Wildman–Crippen LogP) is 3.18. The molecule has 0 amide bonds. The van der Waals surface area contributed by atoms with Crippen LogP contribution < -0.4 is 5.32 Å². The van der Waals surface area contributed by atoms with Crippen LogP contribution in [0, 0.1) is 11.6 Å². The lowest BCUT2D eigenvalue weighted by Gasteiger charge is -2.10. The maximum absolute atomic E-state index is 13.7. The number of hydrogen-bond donors (Lipinski definition) is 2. The van der Waals surface area contributed by atoms with E-state index in [1.54, 1.807) is 19.3 Å². The predicted molar refractivity (Wildman–Crippen MR) is 81.6 cm³/mol. The first-order chi connectivity index (χ1) is 11.1. The Kier molecular flexibility index (Phi) is 5.85. The summed E-state index contributed by atoms with van der Waals surface area (Å²) < 4.78 is 31.8. The van der Waals surface area contributed by atoms with Gasteiger partial charge in [-0.25, -0.2) is 13.6 Å². The summed E-state index contributed by atoms with van der Waals surface area (Å²) in [6, 6.07) is 4.03. The molecule has 0 spiro atoms. The lowest BCUT2D eigenvalue weighted by Crippen LogP contribution is -2.07. The van der Waals surface area contributed by atoms with Crippen LogP contribution in [0.2, 0.25) is 0 Å². The molecule has 1 aromatic heterocycles. The first-order valence-corrected chi connectivity index (χ1v) is 7.16. The zero-order chi connectivity index (χ0) is 16.7. The minimum atomic E-state index is -0.888. The number of rotatable bonds is 7. The van der Waals surface area contributed by atoms with Crippen LogP contribution in [-0.2, 0) is 16.0 Å². The van der Waals surface area contributed by atoms with Gasteiger partial charge in [-0.1, -0.05) is 12.1 Å². The van der Waals surface area contributed by atoms with Crippen LogP contribution in [0.1, 0.15) is 18.9 Å². The highest BCUT2D eigenvalue weighted by Gasteiger charge is 2.10. The zero-order valence-electron chi connectivity index (χ0n) is 12.6. The minimum absolute atomic E-state index is 0.236. The van der Waals surface area contributed by atoms with Crippen molar-refractivity contribution < 1.29 is 18.3 Å². The second-order valence-corrected chi connectivity index (χ2v) is 4.75. The third-order valence-electron chi connectivity index (χ3n) is 3.08. The Morgan fingerprint density at radius 3 is 2.96 bits per heavy atom. The number of aromatic amines is 1. The molecule has 23 heavy (non-hydrogen) atoms. The fourth-order valence-electron chi connectivity index (χ4n) is 2.01. The van der Waals surface area contributed by atoms with Crippen LogP contribution in [-0.4, -0.2) is 22.8 Å². The number of nitrogens with zero attached hydrogens (tertiary/aromatic N) is 1. The van der Waals surface area contributed by atoms with Crippen LogP contribution in [0.4, 0.5) is 14.5 Å². The van der Waals surface area contributed by atoms with Crippen LogP contribution in [0.3, 0.4) is 0 Å². The van der Waals surface area contributed by atoms with E-state index < -0.39 is 17.6 Å².